The first kappa shape index (κ1) is 15.1. The second kappa shape index (κ2) is 7.46. The molecule has 2 aromatic rings. The van der Waals surface area contributed by atoms with Crippen molar-refractivity contribution in [2.24, 2.45) is 0 Å². The van der Waals surface area contributed by atoms with Crippen LogP contribution < -0.4 is 5.32 Å². The molecule has 21 heavy (non-hydrogen) atoms. The highest BCUT2D eigenvalue weighted by atomic mass is 32.2. The van der Waals surface area contributed by atoms with Crippen molar-refractivity contribution in [2.45, 2.75) is 16.7 Å². The van der Waals surface area contributed by atoms with Crippen LogP contribution in [0.25, 0.3) is 0 Å². The predicted molar refractivity (Wildman–Crippen MR) is 82.8 cm³/mol. The first-order valence-corrected chi connectivity index (χ1v) is 7.39. The van der Waals surface area contributed by atoms with E-state index in [9.17, 15) is 4.79 Å². The third kappa shape index (κ3) is 4.33. The average Bonchev–Trinajstić information content (AvgIpc) is 2.54. The number of hydrogen-bond donors (Lipinski definition) is 1. The fraction of sp³-hybridized carbons (Fsp3) is 0.188. The summed E-state index contributed by atoms with van der Waals surface area (Å²) in [4.78, 5) is 16.3. The van der Waals surface area contributed by atoms with E-state index < -0.39 is 0 Å². The third-order valence-corrected chi connectivity index (χ3v) is 4.06. The number of nitrogens with zero attached hydrogens (tertiary/aromatic N) is 2. The highest BCUT2D eigenvalue weighted by Crippen LogP contribution is 2.25. The predicted octanol–water partition coefficient (Wildman–Crippen LogP) is 2.40. The number of pyridine rings is 1. The van der Waals surface area contributed by atoms with Gasteiger partial charge in [0.1, 0.15) is 0 Å². The molecule has 1 aromatic heterocycles. The van der Waals surface area contributed by atoms with E-state index >= 15 is 0 Å². The molecule has 0 radical (unpaired) electrons. The van der Waals surface area contributed by atoms with E-state index in [0.717, 1.165) is 5.56 Å². The number of nitriles is 1. The molecular weight excluding hydrogens is 282 g/mol. The molecule has 0 spiro atoms. The normalized spacial score (nSPS) is 11.4. The molecule has 1 amide bonds. The molecule has 0 unspecified atom stereocenters. The number of thioether (sulfide) groups is 1. The molecule has 0 saturated carbocycles. The van der Waals surface area contributed by atoms with Gasteiger partial charge in [-0.25, -0.2) is 4.98 Å². The van der Waals surface area contributed by atoms with E-state index in [2.05, 4.69) is 16.4 Å². The molecule has 106 valence electrons. The summed E-state index contributed by atoms with van der Waals surface area (Å²) >= 11 is 1.37. The molecule has 1 heterocycles. The van der Waals surface area contributed by atoms with E-state index in [1.165, 1.54) is 11.8 Å². The summed E-state index contributed by atoms with van der Waals surface area (Å²) in [5.41, 5.74) is 1.64. The van der Waals surface area contributed by atoms with Gasteiger partial charge in [-0.05, 0) is 24.1 Å². The van der Waals surface area contributed by atoms with Crippen molar-refractivity contribution in [1.82, 2.24) is 10.3 Å². The molecule has 0 aliphatic heterocycles. The third-order valence-electron chi connectivity index (χ3n) is 2.93. The van der Waals surface area contributed by atoms with Crippen LogP contribution in [0.15, 0.2) is 53.7 Å². The quantitative estimate of drug-likeness (QED) is 0.861. The Hall–Kier alpha value is -2.32. The molecular formula is C16H15N3OS. The average molecular weight is 297 g/mol. The second-order valence-corrected chi connectivity index (χ2v) is 5.63. The van der Waals surface area contributed by atoms with Crippen LogP contribution in [0.3, 0.4) is 0 Å². The Morgan fingerprint density at radius 1 is 1.38 bits per heavy atom. The lowest BCUT2D eigenvalue weighted by molar-refractivity contribution is -0.120. The van der Waals surface area contributed by atoms with Crippen molar-refractivity contribution < 1.29 is 4.79 Å². The number of amides is 1. The smallest absolute Gasteiger partial charge is 0.233 e. The number of aromatic nitrogens is 1. The largest absolute Gasteiger partial charge is 0.358 e. The standard InChI is InChI=1S/C16H15N3OS/c1-18-16(20)14(9-12-5-3-2-4-6-12)21-15-10-13(11-17)7-8-19-15/h2-8,10,14H,9H2,1H3,(H,18,20)/t14-/m1/s1. The lowest BCUT2D eigenvalue weighted by atomic mass is 10.1. The monoisotopic (exact) mass is 297 g/mol. The van der Waals surface area contributed by atoms with E-state index in [0.29, 0.717) is 17.0 Å². The summed E-state index contributed by atoms with van der Waals surface area (Å²) in [6.45, 7) is 0. The van der Waals surface area contributed by atoms with Crippen LogP contribution in [0, 0.1) is 11.3 Å². The Kier molecular flexibility index (Phi) is 5.35. The van der Waals surface area contributed by atoms with Gasteiger partial charge in [-0.2, -0.15) is 5.26 Å². The first-order valence-electron chi connectivity index (χ1n) is 6.51. The van der Waals surface area contributed by atoms with Crippen molar-refractivity contribution in [3.05, 3.63) is 59.8 Å². The fourth-order valence-corrected chi connectivity index (χ4v) is 2.98. The summed E-state index contributed by atoms with van der Waals surface area (Å²) in [5, 5.41) is 12.0. The highest BCUT2D eigenvalue weighted by molar-refractivity contribution is 8.00. The molecule has 0 fully saturated rings. The zero-order valence-electron chi connectivity index (χ0n) is 11.6. The van der Waals surface area contributed by atoms with Gasteiger partial charge in [0.05, 0.1) is 21.9 Å². The molecule has 0 aliphatic carbocycles. The van der Waals surface area contributed by atoms with Crippen molar-refractivity contribution in [1.29, 1.82) is 5.26 Å². The topological polar surface area (TPSA) is 65.8 Å². The van der Waals surface area contributed by atoms with Crippen LogP contribution in [0.1, 0.15) is 11.1 Å². The fourth-order valence-electron chi connectivity index (χ4n) is 1.87. The maximum Gasteiger partial charge on any atom is 0.233 e. The van der Waals surface area contributed by atoms with E-state index in [1.54, 1.807) is 25.4 Å². The van der Waals surface area contributed by atoms with Gasteiger partial charge in [-0.1, -0.05) is 42.1 Å². The van der Waals surface area contributed by atoms with Crippen molar-refractivity contribution in [2.75, 3.05) is 7.05 Å². The second-order valence-electron chi connectivity index (χ2n) is 4.41. The maximum atomic E-state index is 12.1. The maximum absolute atomic E-state index is 12.1. The van der Waals surface area contributed by atoms with Gasteiger partial charge in [0, 0.05) is 13.2 Å². The van der Waals surface area contributed by atoms with E-state index in [-0.39, 0.29) is 11.2 Å². The summed E-state index contributed by atoms with van der Waals surface area (Å²) < 4.78 is 0. The lowest BCUT2D eigenvalue weighted by Crippen LogP contribution is -2.31. The van der Waals surface area contributed by atoms with Crippen molar-refractivity contribution in [3.8, 4) is 6.07 Å². The highest BCUT2D eigenvalue weighted by Gasteiger charge is 2.20. The zero-order chi connectivity index (χ0) is 15.1. The number of benzene rings is 1. The summed E-state index contributed by atoms with van der Waals surface area (Å²) in [7, 11) is 1.63. The minimum atomic E-state index is -0.279. The van der Waals surface area contributed by atoms with Crippen LogP contribution in [0.5, 0.6) is 0 Å². The molecule has 1 atom stereocenters. The Labute approximate surface area is 128 Å². The Morgan fingerprint density at radius 3 is 2.81 bits per heavy atom. The van der Waals surface area contributed by atoms with Crippen LogP contribution in [0.4, 0.5) is 0 Å². The summed E-state index contributed by atoms with van der Waals surface area (Å²) in [6, 6.07) is 15.3. The van der Waals surface area contributed by atoms with Gasteiger partial charge < -0.3 is 5.32 Å². The number of nitrogens with one attached hydrogen (secondary N) is 1. The Bertz CT molecular complexity index is 652. The molecule has 2 rings (SSSR count). The van der Waals surface area contributed by atoms with Crippen LogP contribution in [-0.2, 0) is 11.2 Å². The van der Waals surface area contributed by atoms with Gasteiger partial charge in [-0.15, -0.1) is 0 Å². The van der Waals surface area contributed by atoms with Crippen LogP contribution in [-0.4, -0.2) is 23.2 Å². The SMILES string of the molecule is CNC(=O)[C@@H](Cc1ccccc1)Sc1cc(C#N)ccn1. The molecule has 0 bridgehead atoms. The van der Waals surface area contributed by atoms with Gasteiger partial charge in [0.25, 0.3) is 0 Å². The lowest BCUT2D eigenvalue weighted by Gasteiger charge is -2.14. The number of rotatable bonds is 5. The zero-order valence-corrected chi connectivity index (χ0v) is 12.4. The molecule has 0 saturated heterocycles. The minimum Gasteiger partial charge on any atom is -0.358 e. The summed E-state index contributed by atoms with van der Waals surface area (Å²) in [6.07, 6.45) is 2.20. The van der Waals surface area contributed by atoms with Gasteiger partial charge in [0.2, 0.25) is 5.91 Å². The van der Waals surface area contributed by atoms with Gasteiger partial charge in [0.15, 0.2) is 0 Å². The minimum absolute atomic E-state index is 0.0481. The van der Waals surface area contributed by atoms with Crippen LogP contribution in [0.2, 0.25) is 0 Å². The van der Waals surface area contributed by atoms with Crippen LogP contribution >= 0.6 is 11.8 Å². The molecule has 1 N–H and O–H groups in total. The van der Waals surface area contributed by atoms with Crippen molar-refractivity contribution >= 4 is 17.7 Å². The molecule has 5 heteroatoms. The molecule has 0 aliphatic rings. The van der Waals surface area contributed by atoms with E-state index in [4.69, 9.17) is 5.26 Å². The number of carbonyl (C=O) groups excluding carboxylic acids is 1. The van der Waals surface area contributed by atoms with E-state index in [1.807, 2.05) is 30.3 Å². The Morgan fingerprint density at radius 2 is 2.14 bits per heavy atom. The van der Waals surface area contributed by atoms with Gasteiger partial charge >= 0.3 is 0 Å². The molecule has 4 nitrogen and oxygen atoms in total. The molecule has 1 aromatic carbocycles. The van der Waals surface area contributed by atoms with Crippen molar-refractivity contribution in [3.63, 3.8) is 0 Å². The van der Waals surface area contributed by atoms with Gasteiger partial charge in [-0.3, -0.25) is 4.79 Å². The number of carbonyl (C=O) groups is 1. The summed E-state index contributed by atoms with van der Waals surface area (Å²) in [5.74, 6) is -0.0481. The number of hydrogen-bond acceptors (Lipinski definition) is 4. The first-order chi connectivity index (χ1) is 10.2. The Balaban J connectivity index is 2.16.